The van der Waals surface area contributed by atoms with E-state index in [1.54, 1.807) is 0 Å². The number of nitrogens with zero attached hydrogens (tertiary/aromatic N) is 1. The van der Waals surface area contributed by atoms with Crippen LogP contribution in [0.4, 0.5) is 8.78 Å². The van der Waals surface area contributed by atoms with Crippen molar-refractivity contribution in [3.05, 3.63) is 42.2 Å². The van der Waals surface area contributed by atoms with Crippen LogP contribution in [0.15, 0.2) is 24.9 Å². The Morgan fingerprint density at radius 1 is 1.58 bits per heavy atom. The molecule has 0 saturated carbocycles. The second-order valence-electron chi connectivity index (χ2n) is 2.30. The molecule has 64 valence electrons. The van der Waals surface area contributed by atoms with Crippen molar-refractivity contribution in [3.8, 4) is 0 Å². The van der Waals surface area contributed by atoms with Crippen LogP contribution in [0, 0.1) is 11.8 Å². The van der Waals surface area contributed by atoms with Gasteiger partial charge in [-0.25, -0.2) is 9.37 Å². The van der Waals surface area contributed by atoms with Crippen LogP contribution >= 0.6 is 0 Å². The molecule has 0 saturated heterocycles. The predicted octanol–water partition coefficient (Wildman–Crippen LogP) is 1.55. The summed E-state index contributed by atoms with van der Waals surface area (Å²) in [6.07, 6.45) is 2.61. The van der Waals surface area contributed by atoms with Crippen LogP contribution in [0.3, 0.4) is 0 Å². The summed E-state index contributed by atoms with van der Waals surface area (Å²) in [6.45, 7) is 3.42. The fraction of sp³-hybridized carbons (Fsp3) is 0.125. The van der Waals surface area contributed by atoms with E-state index >= 15 is 0 Å². The summed E-state index contributed by atoms with van der Waals surface area (Å²) in [5, 5.41) is 0. The first-order chi connectivity index (χ1) is 5.65. The molecule has 0 bridgehead atoms. The highest BCUT2D eigenvalue weighted by Crippen LogP contribution is 2.12. The van der Waals surface area contributed by atoms with Gasteiger partial charge in [-0.2, -0.15) is 4.39 Å². The van der Waals surface area contributed by atoms with Gasteiger partial charge >= 0.3 is 0 Å². The van der Waals surface area contributed by atoms with Crippen molar-refractivity contribution < 1.29 is 8.78 Å². The lowest BCUT2D eigenvalue weighted by molar-refractivity contribution is 0.476. The molecule has 2 nitrogen and oxygen atoms in total. The van der Waals surface area contributed by atoms with Crippen LogP contribution < -0.4 is 5.73 Å². The zero-order valence-electron chi connectivity index (χ0n) is 6.30. The summed E-state index contributed by atoms with van der Waals surface area (Å²) in [5.74, 6) is -2.11. The minimum Gasteiger partial charge on any atom is -0.321 e. The van der Waals surface area contributed by atoms with Gasteiger partial charge in [0.05, 0.1) is 0 Å². The molecule has 0 fully saturated rings. The molecule has 0 aromatic carbocycles. The van der Waals surface area contributed by atoms with Crippen LogP contribution in [0.1, 0.15) is 11.6 Å². The van der Waals surface area contributed by atoms with Gasteiger partial charge in [0, 0.05) is 12.2 Å². The average Bonchev–Trinajstić information content (AvgIpc) is 2.08. The highest BCUT2D eigenvalue weighted by Gasteiger charge is 2.07. The number of pyridine rings is 1. The van der Waals surface area contributed by atoms with Gasteiger partial charge in [0.15, 0.2) is 5.82 Å². The van der Waals surface area contributed by atoms with E-state index < -0.39 is 17.8 Å². The molecule has 12 heavy (non-hydrogen) atoms. The lowest BCUT2D eigenvalue weighted by Crippen LogP contribution is -2.08. The fourth-order valence-corrected chi connectivity index (χ4v) is 0.754. The third kappa shape index (κ3) is 1.65. The molecule has 1 aromatic rings. The Labute approximate surface area is 68.7 Å². The zero-order chi connectivity index (χ0) is 9.14. The van der Waals surface area contributed by atoms with Crippen LogP contribution in [-0.2, 0) is 0 Å². The minimum absolute atomic E-state index is 0.406. The molecule has 0 radical (unpaired) electrons. The first-order valence-corrected chi connectivity index (χ1v) is 3.34. The first-order valence-electron chi connectivity index (χ1n) is 3.34. The molecule has 1 aromatic heterocycles. The van der Waals surface area contributed by atoms with E-state index in [0.29, 0.717) is 5.56 Å². The molecule has 0 spiro atoms. The molecule has 4 heteroatoms. The second kappa shape index (κ2) is 3.40. The molecule has 0 amide bonds. The van der Waals surface area contributed by atoms with Gasteiger partial charge in [-0.1, -0.05) is 6.08 Å². The lowest BCUT2D eigenvalue weighted by Gasteiger charge is -2.04. The molecule has 2 N–H and O–H groups in total. The summed E-state index contributed by atoms with van der Waals surface area (Å²) < 4.78 is 24.9. The first kappa shape index (κ1) is 8.80. The third-order valence-corrected chi connectivity index (χ3v) is 1.46. The molecule has 1 heterocycles. The smallest absolute Gasteiger partial charge is 0.248 e. The van der Waals surface area contributed by atoms with E-state index in [1.165, 1.54) is 12.3 Å². The SMILES string of the molecule is C=CC(N)c1cnc(F)c(F)c1. The van der Waals surface area contributed by atoms with Gasteiger partial charge in [0.2, 0.25) is 5.95 Å². The summed E-state index contributed by atoms with van der Waals surface area (Å²) >= 11 is 0. The maximum absolute atomic E-state index is 12.5. The number of hydrogen-bond donors (Lipinski definition) is 1. The molecule has 1 rings (SSSR count). The van der Waals surface area contributed by atoms with Crippen LogP contribution in [0.2, 0.25) is 0 Å². The Morgan fingerprint density at radius 3 is 2.75 bits per heavy atom. The molecule has 1 unspecified atom stereocenters. The summed E-state index contributed by atoms with van der Waals surface area (Å²) in [5.41, 5.74) is 5.87. The molecule has 1 atom stereocenters. The zero-order valence-corrected chi connectivity index (χ0v) is 6.30. The largest absolute Gasteiger partial charge is 0.321 e. The van der Waals surface area contributed by atoms with Crippen molar-refractivity contribution in [2.75, 3.05) is 0 Å². The lowest BCUT2D eigenvalue weighted by atomic mass is 10.1. The topological polar surface area (TPSA) is 38.9 Å². The van der Waals surface area contributed by atoms with Crippen molar-refractivity contribution in [1.29, 1.82) is 0 Å². The van der Waals surface area contributed by atoms with Crippen molar-refractivity contribution in [1.82, 2.24) is 4.98 Å². The van der Waals surface area contributed by atoms with Crippen LogP contribution in [0.5, 0.6) is 0 Å². The van der Waals surface area contributed by atoms with E-state index in [2.05, 4.69) is 11.6 Å². The molecular weight excluding hydrogens is 162 g/mol. The Balaban J connectivity index is 3.04. The van der Waals surface area contributed by atoms with Gasteiger partial charge in [0.1, 0.15) is 0 Å². The molecule has 0 aliphatic rings. The van der Waals surface area contributed by atoms with E-state index in [0.717, 1.165) is 6.07 Å². The van der Waals surface area contributed by atoms with Crippen LogP contribution in [-0.4, -0.2) is 4.98 Å². The van der Waals surface area contributed by atoms with Crippen molar-refractivity contribution in [2.45, 2.75) is 6.04 Å². The number of aromatic nitrogens is 1. The normalized spacial score (nSPS) is 12.6. The summed E-state index contributed by atoms with van der Waals surface area (Å²) in [7, 11) is 0. The second-order valence-corrected chi connectivity index (χ2v) is 2.30. The van der Waals surface area contributed by atoms with Crippen molar-refractivity contribution in [2.24, 2.45) is 5.73 Å². The summed E-state index contributed by atoms with van der Waals surface area (Å²) in [6, 6.07) is 0.502. The quantitative estimate of drug-likeness (QED) is 0.540. The Hall–Kier alpha value is -1.29. The fourth-order valence-electron chi connectivity index (χ4n) is 0.754. The van der Waals surface area contributed by atoms with E-state index in [-0.39, 0.29) is 0 Å². The highest BCUT2D eigenvalue weighted by atomic mass is 19.2. The van der Waals surface area contributed by atoms with Gasteiger partial charge in [0.25, 0.3) is 0 Å². The van der Waals surface area contributed by atoms with Gasteiger partial charge < -0.3 is 5.73 Å². The highest BCUT2D eigenvalue weighted by molar-refractivity contribution is 5.18. The molecule has 0 aliphatic heterocycles. The third-order valence-electron chi connectivity index (χ3n) is 1.46. The maximum atomic E-state index is 12.5. The standard InChI is InChI=1S/C8H8F2N2/c1-2-7(11)5-3-6(9)8(10)12-4-5/h2-4,7H,1,11H2. The Bertz CT molecular complexity index is 299. The number of nitrogens with two attached hydrogens (primary N) is 1. The average molecular weight is 170 g/mol. The number of halogens is 2. The van der Waals surface area contributed by atoms with E-state index in [9.17, 15) is 8.78 Å². The Morgan fingerprint density at radius 2 is 2.25 bits per heavy atom. The van der Waals surface area contributed by atoms with Gasteiger partial charge in [-0.05, 0) is 11.6 Å². The monoisotopic (exact) mass is 170 g/mol. The maximum Gasteiger partial charge on any atom is 0.248 e. The van der Waals surface area contributed by atoms with Crippen molar-refractivity contribution >= 4 is 0 Å². The minimum atomic E-state index is -1.12. The summed E-state index contributed by atoms with van der Waals surface area (Å²) in [4.78, 5) is 3.18. The van der Waals surface area contributed by atoms with Gasteiger partial charge in [-0.15, -0.1) is 6.58 Å². The molecule has 0 aliphatic carbocycles. The number of rotatable bonds is 2. The Kier molecular flexibility index (Phi) is 2.50. The van der Waals surface area contributed by atoms with Gasteiger partial charge in [-0.3, -0.25) is 0 Å². The van der Waals surface area contributed by atoms with E-state index in [4.69, 9.17) is 5.73 Å². The number of hydrogen-bond acceptors (Lipinski definition) is 2. The van der Waals surface area contributed by atoms with Crippen molar-refractivity contribution in [3.63, 3.8) is 0 Å². The van der Waals surface area contributed by atoms with E-state index in [1.807, 2.05) is 0 Å². The predicted molar refractivity (Wildman–Crippen MR) is 41.3 cm³/mol. The molecular formula is C8H8F2N2. The van der Waals surface area contributed by atoms with Crippen LogP contribution in [0.25, 0.3) is 0 Å².